The van der Waals surface area contributed by atoms with Crippen molar-refractivity contribution in [1.82, 2.24) is 4.57 Å². The van der Waals surface area contributed by atoms with E-state index in [0.717, 1.165) is 29.6 Å². The van der Waals surface area contributed by atoms with Crippen LogP contribution >= 0.6 is 0 Å². The average molecular weight is 522 g/mol. The van der Waals surface area contributed by atoms with E-state index >= 15 is 0 Å². The van der Waals surface area contributed by atoms with Gasteiger partial charge in [0, 0.05) is 33.3 Å². The fraction of sp³-hybridized carbons (Fsp3) is 0.158. The van der Waals surface area contributed by atoms with Gasteiger partial charge in [-0.3, -0.25) is 0 Å². The molecule has 0 aliphatic heterocycles. The maximum absolute atomic E-state index is 6.04. The van der Waals surface area contributed by atoms with Crippen LogP contribution in [0.2, 0.25) is 0 Å². The van der Waals surface area contributed by atoms with E-state index in [1.807, 2.05) is 6.92 Å². The average Bonchev–Trinajstić information content (AvgIpc) is 3.46. The van der Waals surface area contributed by atoms with Crippen LogP contribution in [0.25, 0.3) is 62.0 Å². The summed E-state index contributed by atoms with van der Waals surface area (Å²) in [5, 5.41) is 2.44. The molecule has 2 aromatic heterocycles. The van der Waals surface area contributed by atoms with Crippen molar-refractivity contribution < 1.29 is 4.42 Å². The first-order chi connectivity index (χ1) is 19.6. The van der Waals surface area contributed by atoms with Crippen LogP contribution in [0.4, 0.5) is 0 Å². The molecule has 0 radical (unpaired) electrons. The van der Waals surface area contributed by atoms with Gasteiger partial charge in [0.05, 0.1) is 5.52 Å². The van der Waals surface area contributed by atoms with E-state index < -0.39 is 0 Å². The Hall–Kier alpha value is -4.56. The highest BCUT2D eigenvalue weighted by molar-refractivity contribution is 5.96. The molecule has 2 heterocycles. The summed E-state index contributed by atoms with van der Waals surface area (Å²) in [6, 6.07) is 32.9. The van der Waals surface area contributed by atoms with E-state index in [9.17, 15) is 0 Å². The van der Waals surface area contributed by atoms with E-state index in [1.54, 1.807) is 0 Å². The molecule has 6 rings (SSSR count). The summed E-state index contributed by atoms with van der Waals surface area (Å²) >= 11 is 0. The van der Waals surface area contributed by atoms with Crippen LogP contribution in [0.5, 0.6) is 0 Å². The van der Waals surface area contributed by atoms with Gasteiger partial charge in [-0.2, -0.15) is 0 Å². The zero-order valence-electron chi connectivity index (χ0n) is 23.7. The second-order valence-electron chi connectivity index (χ2n) is 10.4. The largest absolute Gasteiger partial charge is 0.461 e. The Morgan fingerprint density at radius 1 is 0.625 bits per heavy atom. The number of aromatic nitrogens is 1. The minimum absolute atomic E-state index is 0.935. The maximum atomic E-state index is 6.04. The maximum Gasteiger partial charge on any atom is 0.134 e. The number of benzene rings is 4. The molecular weight excluding hydrogens is 486 g/mol. The van der Waals surface area contributed by atoms with Crippen molar-refractivity contribution in [2.45, 2.75) is 40.5 Å². The molecule has 0 unspecified atom stereocenters. The predicted molar refractivity (Wildman–Crippen MR) is 172 cm³/mol. The number of hydrogen-bond donors (Lipinski definition) is 0. The van der Waals surface area contributed by atoms with Gasteiger partial charge in [-0.15, -0.1) is 0 Å². The van der Waals surface area contributed by atoms with Crippen molar-refractivity contribution in [3.8, 4) is 27.9 Å². The zero-order valence-corrected chi connectivity index (χ0v) is 23.7. The van der Waals surface area contributed by atoms with Gasteiger partial charge in [-0.25, -0.2) is 0 Å². The topological polar surface area (TPSA) is 18.1 Å². The zero-order chi connectivity index (χ0) is 27.6. The number of nitrogens with zero attached hydrogens (tertiary/aromatic N) is 1. The third-order valence-electron chi connectivity index (χ3n) is 7.75. The Kier molecular flexibility index (Phi) is 7.00. The number of aryl methyl sites for hydroxylation is 1. The minimum Gasteiger partial charge on any atom is -0.461 e. The van der Waals surface area contributed by atoms with Crippen LogP contribution in [0.1, 0.15) is 49.3 Å². The molecule has 0 aliphatic rings. The smallest absolute Gasteiger partial charge is 0.134 e. The second-order valence-corrected chi connectivity index (χ2v) is 10.4. The number of allylic oxidation sites excluding steroid dienone is 2. The van der Waals surface area contributed by atoms with Gasteiger partial charge in [0.2, 0.25) is 0 Å². The van der Waals surface area contributed by atoms with Gasteiger partial charge < -0.3 is 8.98 Å². The molecule has 0 aliphatic carbocycles. The van der Waals surface area contributed by atoms with Gasteiger partial charge >= 0.3 is 0 Å². The Balaban J connectivity index is 1.46. The normalized spacial score (nSPS) is 12.0. The first kappa shape index (κ1) is 25.7. The number of fused-ring (bicyclic) bond motifs is 2. The Morgan fingerprint density at radius 3 is 1.95 bits per heavy atom. The summed E-state index contributed by atoms with van der Waals surface area (Å²) in [5.41, 5.74) is 11.9. The van der Waals surface area contributed by atoms with E-state index in [0.29, 0.717) is 0 Å². The molecule has 198 valence electrons. The lowest BCUT2D eigenvalue weighted by molar-refractivity contribution is 0.577. The lowest BCUT2D eigenvalue weighted by atomic mass is 9.96. The van der Waals surface area contributed by atoms with Gasteiger partial charge in [-0.1, -0.05) is 86.7 Å². The Morgan fingerprint density at radius 2 is 1.25 bits per heavy atom. The first-order valence-corrected chi connectivity index (χ1v) is 14.3. The Labute approximate surface area is 236 Å². The first-order valence-electron chi connectivity index (χ1n) is 14.3. The molecule has 2 nitrogen and oxygen atoms in total. The molecule has 0 atom stereocenters. The number of furan rings is 1. The third kappa shape index (κ3) is 4.60. The van der Waals surface area contributed by atoms with Crippen LogP contribution in [-0.2, 0) is 0 Å². The fourth-order valence-corrected chi connectivity index (χ4v) is 5.72. The fourth-order valence-electron chi connectivity index (χ4n) is 5.72. The highest BCUT2D eigenvalue weighted by Crippen LogP contribution is 2.36. The van der Waals surface area contributed by atoms with Crippen molar-refractivity contribution >= 4 is 34.0 Å². The van der Waals surface area contributed by atoms with Crippen molar-refractivity contribution in [2.75, 3.05) is 0 Å². The SMILES string of the molecule is CC/C=C\c1c(C)oc2ccc(-c3cccc(-c4ccc5c(c4)c(/C=C\CC)c(C)n5-c4ccccc4)c3)cc12. The lowest BCUT2D eigenvalue weighted by Gasteiger charge is -2.09. The molecule has 0 amide bonds. The molecule has 0 N–H and O–H groups in total. The summed E-state index contributed by atoms with van der Waals surface area (Å²) in [4.78, 5) is 0. The molecule has 0 fully saturated rings. The van der Waals surface area contributed by atoms with E-state index in [2.05, 4.69) is 141 Å². The molecule has 4 aromatic carbocycles. The van der Waals surface area contributed by atoms with Crippen molar-refractivity contribution in [2.24, 2.45) is 0 Å². The van der Waals surface area contributed by atoms with Crippen molar-refractivity contribution in [3.05, 3.63) is 126 Å². The van der Waals surface area contributed by atoms with Crippen LogP contribution in [0.15, 0.2) is 108 Å². The monoisotopic (exact) mass is 521 g/mol. The minimum atomic E-state index is 0.935. The molecular formula is C38H35NO. The summed E-state index contributed by atoms with van der Waals surface area (Å²) in [6.07, 6.45) is 10.9. The number of para-hydroxylation sites is 1. The van der Waals surface area contributed by atoms with Gasteiger partial charge in [0.15, 0.2) is 0 Å². The molecule has 0 saturated heterocycles. The molecule has 40 heavy (non-hydrogen) atoms. The van der Waals surface area contributed by atoms with Crippen LogP contribution in [-0.4, -0.2) is 4.57 Å². The Bertz CT molecular complexity index is 1880. The van der Waals surface area contributed by atoms with Gasteiger partial charge in [0.1, 0.15) is 11.3 Å². The third-order valence-corrected chi connectivity index (χ3v) is 7.75. The molecule has 0 saturated carbocycles. The summed E-state index contributed by atoms with van der Waals surface area (Å²) in [6.45, 7) is 8.61. The molecule has 0 bridgehead atoms. The molecule has 6 aromatic rings. The van der Waals surface area contributed by atoms with Gasteiger partial charge in [0.25, 0.3) is 0 Å². The number of rotatable bonds is 7. The van der Waals surface area contributed by atoms with Crippen LogP contribution in [0.3, 0.4) is 0 Å². The summed E-state index contributed by atoms with van der Waals surface area (Å²) in [7, 11) is 0. The van der Waals surface area contributed by atoms with Crippen LogP contribution < -0.4 is 0 Å². The molecule has 2 heteroatoms. The van der Waals surface area contributed by atoms with E-state index in [1.165, 1.54) is 55.7 Å². The molecule has 0 spiro atoms. The lowest BCUT2D eigenvalue weighted by Crippen LogP contribution is -1.96. The highest BCUT2D eigenvalue weighted by Gasteiger charge is 2.15. The standard InChI is InChI=1S/C38H35NO/c1-5-7-17-33-26(3)39(32-15-10-9-11-16-32)37-21-19-30(24-35(33)37)28-13-12-14-29(23-28)31-20-22-38-36(25-31)34(18-8-6-2)27(4)40-38/h7-25H,5-6H2,1-4H3/b17-7-,18-8-. The summed E-state index contributed by atoms with van der Waals surface area (Å²) in [5.74, 6) is 0.963. The number of hydrogen-bond acceptors (Lipinski definition) is 1. The van der Waals surface area contributed by atoms with Gasteiger partial charge in [-0.05, 0) is 91.4 Å². The highest BCUT2D eigenvalue weighted by atomic mass is 16.3. The quantitative estimate of drug-likeness (QED) is 0.204. The summed E-state index contributed by atoms with van der Waals surface area (Å²) < 4.78 is 8.42. The predicted octanol–water partition coefficient (Wildman–Crippen LogP) is 11.2. The van der Waals surface area contributed by atoms with Crippen LogP contribution in [0, 0.1) is 13.8 Å². The van der Waals surface area contributed by atoms with E-state index in [4.69, 9.17) is 4.42 Å². The van der Waals surface area contributed by atoms with Crippen molar-refractivity contribution in [3.63, 3.8) is 0 Å². The second kappa shape index (κ2) is 10.9. The van der Waals surface area contributed by atoms with Crippen molar-refractivity contribution in [1.29, 1.82) is 0 Å². The van der Waals surface area contributed by atoms with E-state index in [-0.39, 0.29) is 0 Å².